The van der Waals surface area contributed by atoms with Gasteiger partial charge >= 0.3 is 0 Å². The Hall–Kier alpha value is -1.51. The third-order valence-corrected chi connectivity index (χ3v) is 3.22. The van der Waals surface area contributed by atoms with E-state index in [9.17, 15) is 0 Å². The number of hydrogen-bond acceptors (Lipinski definition) is 2. The predicted octanol–water partition coefficient (Wildman–Crippen LogP) is 3.86. The Morgan fingerprint density at radius 2 is 2.41 bits per heavy atom. The summed E-state index contributed by atoms with van der Waals surface area (Å²) >= 11 is 0. The lowest BCUT2D eigenvalue weighted by atomic mass is 10.00. The van der Waals surface area contributed by atoms with E-state index in [-0.39, 0.29) is 0 Å². The van der Waals surface area contributed by atoms with Crippen LogP contribution in [0.2, 0.25) is 0 Å². The van der Waals surface area contributed by atoms with Crippen LogP contribution < -0.4 is 0 Å². The zero-order chi connectivity index (χ0) is 12.1. The number of rotatable bonds is 3. The van der Waals surface area contributed by atoms with Crippen LogP contribution in [0.3, 0.4) is 0 Å². The lowest BCUT2D eigenvalue weighted by molar-refractivity contribution is 0.176. The molecule has 1 aromatic carbocycles. The Labute approximate surface area is 102 Å². The SMILES string of the molecule is CC1CCCN(Cc2cccc(N=[N+]=[N-])c2)C1. The van der Waals surface area contributed by atoms with Crippen molar-refractivity contribution in [1.29, 1.82) is 0 Å². The Morgan fingerprint density at radius 1 is 1.53 bits per heavy atom. The third-order valence-electron chi connectivity index (χ3n) is 3.22. The second-order valence-corrected chi connectivity index (χ2v) is 4.84. The molecule has 1 fully saturated rings. The molecule has 0 spiro atoms. The maximum Gasteiger partial charge on any atom is 0.0378 e. The average Bonchev–Trinajstić information content (AvgIpc) is 2.30. The van der Waals surface area contributed by atoms with Gasteiger partial charge in [-0.2, -0.15) is 0 Å². The van der Waals surface area contributed by atoms with Crippen molar-refractivity contribution in [3.05, 3.63) is 40.3 Å². The zero-order valence-corrected chi connectivity index (χ0v) is 10.2. The van der Waals surface area contributed by atoms with Gasteiger partial charge in [0.1, 0.15) is 0 Å². The van der Waals surface area contributed by atoms with E-state index in [0.29, 0.717) is 5.69 Å². The number of azide groups is 1. The largest absolute Gasteiger partial charge is 0.299 e. The molecule has 0 bridgehead atoms. The molecule has 1 aliphatic heterocycles. The third kappa shape index (κ3) is 3.48. The Balaban J connectivity index is 2.02. The van der Waals surface area contributed by atoms with E-state index in [0.717, 1.165) is 12.5 Å². The van der Waals surface area contributed by atoms with Crippen molar-refractivity contribution in [2.75, 3.05) is 13.1 Å². The highest BCUT2D eigenvalue weighted by Crippen LogP contribution is 2.20. The van der Waals surface area contributed by atoms with Crippen molar-refractivity contribution < 1.29 is 0 Å². The molecule has 0 N–H and O–H groups in total. The van der Waals surface area contributed by atoms with Gasteiger partial charge in [-0.1, -0.05) is 30.2 Å². The molecule has 2 rings (SSSR count). The summed E-state index contributed by atoms with van der Waals surface area (Å²) in [5.74, 6) is 0.795. The molecule has 1 aliphatic rings. The Kier molecular flexibility index (Phi) is 4.02. The lowest BCUT2D eigenvalue weighted by Gasteiger charge is -2.30. The van der Waals surface area contributed by atoms with Crippen LogP contribution in [-0.4, -0.2) is 18.0 Å². The van der Waals surface area contributed by atoms with Gasteiger partial charge in [-0.15, -0.1) is 0 Å². The van der Waals surface area contributed by atoms with Crippen molar-refractivity contribution >= 4 is 5.69 Å². The maximum atomic E-state index is 8.41. The van der Waals surface area contributed by atoms with E-state index >= 15 is 0 Å². The van der Waals surface area contributed by atoms with Crippen molar-refractivity contribution in [1.82, 2.24) is 4.90 Å². The molecule has 4 nitrogen and oxygen atoms in total. The fraction of sp³-hybridized carbons (Fsp3) is 0.538. The van der Waals surface area contributed by atoms with E-state index in [2.05, 4.69) is 27.9 Å². The molecule has 1 atom stereocenters. The summed E-state index contributed by atoms with van der Waals surface area (Å²) in [5.41, 5.74) is 10.3. The summed E-state index contributed by atoms with van der Waals surface area (Å²) in [6.07, 6.45) is 2.63. The van der Waals surface area contributed by atoms with Crippen LogP contribution in [0.1, 0.15) is 25.3 Å². The molecule has 0 aromatic heterocycles. The van der Waals surface area contributed by atoms with Crippen LogP contribution >= 0.6 is 0 Å². The average molecular weight is 230 g/mol. The highest BCUT2D eigenvalue weighted by atomic mass is 15.1. The van der Waals surface area contributed by atoms with Gasteiger partial charge in [-0.25, -0.2) is 0 Å². The molecule has 0 saturated carbocycles. The minimum atomic E-state index is 0.704. The minimum absolute atomic E-state index is 0.704. The van der Waals surface area contributed by atoms with E-state index in [1.165, 1.54) is 31.5 Å². The molecule has 1 aromatic rings. The second-order valence-electron chi connectivity index (χ2n) is 4.84. The predicted molar refractivity (Wildman–Crippen MR) is 68.9 cm³/mol. The summed E-state index contributed by atoms with van der Waals surface area (Å²) in [5, 5.41) is 3.64. The van der Waals surface area contributed by atoms with Crippen LogP contribution in [0.15, 0.2) is 29.4 Å². The van der Waals surface area contributed by atoms with Gasteiger partial charge in [0, 0.05) is 23.7 Å². The van der Waals surface area contributed by atoms with Gasteiger partial charge in [0.2, 0.25) is 0 Å². The van der Waals surface area contributed by atoms with Gasteiger partial charge in [0.25, 0.3) is 0 Å². The van der Waals surface area contributed by atoms with Crippen molar-refractivity contribution in [3.63, 3.8) is 0 Å². The molecule has 0 radical (unpaired) electrons. The molecular weight excluding hydrogens is 212 g/mol. The molecule has 0 aliphatic carbocycles. The topological polar surface area (TPSA) is 52.0 Å². The maximum absolute atomic E-state index is 8.41. The molecule has 0 amide bonds. The quantitative estimate of drug-likeness (QED) is 0.442. The van der Waals surface area contributed by atoms with Crippen LogP contribution in [-0.2, 0) is 6.54 Å². The standard InChI is InChI=1S/C13H18N4/c1-11-4-3-7-17(9-11)10-12-5-2-6-13(8-12)15-16-14/h2,5-6,8,11H,3-4,7,9-10H2,1H3. The summed E-state index contributed by atoms with van der Waals surface area (Å²) in [6.45, 7) is 5.61. The van der Waals surface area contributed by atoms with Crippen LogP contribution in [0.4, 0.5) is 5.69 Å². The van der Waals surface area contributed by atoms with Crippen LogP contribution in [0.5, 0.6) is 0 Å². The summed E-state index contributed by atoms with van der Waals surface area (Å²) in [7, 11) is 0. The smallest absolute Gasteiger partial charge is 0.0378 e. The first kappa shape index (κ1) is 12.0. The first-order valence-electron chi connectivity index (χ1n) is 6.14. The number of nitrogens with zero attached hydrogens (tertiary/aromatic N) is 4. The molecule has 1 unspecified atom stereocenters. The van der Waals surface area contributed by atoms with E-state index < -0.39 is 0 Å². The lowest BCUT2D eigenvalue weighted by Crippen LogP contribution is -2.33. The van der Waals surface area contributed by atoms with Gasteiger partial charge in [-0.05, 0) is 42.5 Å². The fourth-order valence-corrected chi connectivity index (χ4v) is 2.46. The number of piperidine rings is 1. The molecule has 17 heavy (non-hydrogen) atoms. The van der Waals surface area contributed by atoms with E-state index in [1.807, 2.05) is 18.2 Å². The number of benzene rings is 1. The van der Waals surface area contributed by atoms with E-state index in [1.54, 1.807) is 0 Å². The van der Waals surface area contributed by atoms with Crippen LogP contribution in [0.25, 0.3) is 10.4 Å². The zero-order valence-electron chi connectivity index (χ0n) is 10.2. The minimum Gasteiger partial charge on any atom is -0.299 e. The fourth-order valence-electron chi connectivity index (χ4n) is 2.46. The highest BCUT2D eigenvalue weighted by Gasteiger charge is 2.15. The molecule has 1 saturated heterocycles. The molecular formula is C13H18N4. The first-order valence-corrected chi connectivity index (χ1v) is 6.14. The Bertz CT molecular complexity index is 423. The molecule has 90 valence electrons. The van der Waals surface area contributed by atoms with Gasteiger partial charge in [-0.3, -0.25) is 4.90 Å². The van der Waals surface area contributed by atoms with E-state index in [4.69, 9.17) is 5.53 Å². The monoisotopic (exact) mass is 230 g/mol. The summed E-state index contributed by atoms with van der Waals surface area (Å²) < 4.78 is 0. The van der Waals surface area contributed by atoms with Gasteiger partial charge < -0.3 is 0 Å². The van der Waals surface area contributed by atoms with Crippen molar-refractivity contribution in [3.8, 4) is 0 Å². The van der Waals surface area contributed by atoms with Crippen molar-refractivity contribution in [2.45, 2.75) is 26.3 Å². The highest BCUT2D eigenvalue weighted by molar-refractivity contribution is 5.39. The Morgan fingerprint density at radius 3 is 3.18 bits per heavy atom. The second kappa shape index (κ2) is 5.71. The first-order chi connectivity index (χ1) is 8.28. The molecule has 1 heterocycles. The summed E-state index contributed by atoms with van der Waals surface area (Å²) in [4.78, 5) is 5.29. The normalized spacial score (nSPS) is 20.9. The summed E-state index contributed by atoms with van der Waals surface area (Å²) in [6, 6.07) is 7.85. The van der Waals surface area contributed by atoms with Gasteiger partial charge in [0.05, 0.1) is 0 Å². The van der Waals surface area contributed by atoms with Gasteiger partial charge in [0.15, 0.2) is 0 Å². The van der Waals surface area contributed by atoms with Crippen LogP contribution in [0, 0.1) is 5.92 Å². The number of likely N-dealkylation sites (tertiary alicyclic amines) is 1. The van der Waals surface area contributed by atoms with Crippen molar-refractivity contribution in [2.24, 2.45) is 11.0 Å². The number of hydrogen-bond donors (Lipinski definition) is 0. The molecule has 4 heteroatoms.